The minimum absolute atomic E-state index is 0.258. The summed E-state index contributed by atoms with van der Waals surface area (Å²) in [6.07, 6.45) is 0. The lowest BCUT2D eigenvalue weighted by molar-refractivity contribution is 0.102. The molecule has 0 spiro atoms. The Morgan fingerprint density at radius 3 is 2.41 bits per heavy atom. The van der Waals surface area contributed by atoms with E-state index in [4.69, 9.17) is 4.42 Å². The molecule has 0 radical (unpaired) electrons. The molecule has 1 heterocycles. The van der Waals surface area contributed by atoms with Crippen molar-refractivity contribution in [1.82, 2.24) is 0 Å². The van der Waals surface area contributed by atoms with Gasteiger partial charge in [0.2, 0.25) is 0 Å². The normalized spacial score (nSPS) is 10.3. The van der Waals surface area contributed by atoms with Crippen LogP contribution in [0.25, 0.3) is 0 Å². The summed E-state index contributed by atoms with van der Waals surface area (Å²) in [4.78, 5) is 11.9. The first-order chi connectivity index (χ1) is 8.06. The van der Waals surface area contributed by atoms with Gasteiger partial charge in [-0.1, -0.05) is 0 Å². The van der Waals surface area contributed by atoms with E-state index in [9.17, 15) is 9.18 Å². The first-order valence-corrected chi connectivity index (χ1v) is 5.20. The maximum absolute atomic E-state index is 12.7. The Morgan fingerprint density at radius 2 is 1.88 bits per heavy atom. The number of furan rings is 1. The summed E-state index contributed by atoms with van der Waals surface area (Å²) in [6, 6.07) is 7.28. The van der Waals surface area contributed by atoms with Crippen LogP contribution in [-0.2, 0) is 0 Å². The van der Waals surface area contributed by atoms with Crippen molar-refractivity contribution in [3.05, 3.63) is 53.2 Å². The second kappa shape index (κ2) is 4.41. The van der Waals surface area contributed by atoms with Crippen molar-refractivity contribution in [1.29, 1.82) is 0 Å². The Hall–Kier alpha value is -2.10. The Balaban J connectivity index is 2.17. The van der Waals surface area contributed by atoms with Crippen molar-refractivity contribution >= 4 is 11.6 Å². The summed E-state index contributed by atoms with van der Waals surface area (Å²) in [6.45, 7) is 3.51. The van der Waals surface area contributed by atoms with Crippen LogP contribution in [0.3, 0.4) is 0 Å². The molecule has 0 aliphatic carbocycles. The Labute approximate surface area is 98.3 Å². The van der Waals surface area contributed by atoms with Crippen LogP contribution in [0.2, 0.25) is 0 Å². The molecular weight excluding hydrogens is 221 g/mol. The van der Waals surface area contributed by atoms with Crippen molar-refractivity contribution in [3.8, 4) is 0 Å². The molecule has 0 bridgehead atoms. The highest BCUT2D eigenvalue weighted by atomic mass is 19.1. The van der Waals surface area contributed by atoms with Gasteiger partial charge in [0.1, 0.15) is 17.3 Å². The number of benzene rings is 1. The Kier molecular flexibility index (Phi) is 2.95. The molecule has 4 heteroatoms. The van der Waals surface area contributed by atoms with Crippen molar-refractivity contribution in [2.45, 2.75) is 13.8 Å². The molecule has 3 nitrogen and oxygen atoms in total. The standard InChI is InChI=1S/C13H12FNO2/c1-8-7-12(9(2)17-8)13(16)15-11-5-3-10(14)4-6-11/h3-7H,1-2H3,(H,15,16). The fourth-order valence-corrected chi connectivity index (χ4v) is 1.59. The van der Waals surface area contributed by atoms with Crippen molar-refractivity contribution < 1.29 is 13.6 Å². The van der Waals surface area contributed by atoms with Gasteiger partial charge in [0.05, 0.1) is 5.56 Å². The number of rotatable bonds is 2. The highest BCUT2D eigenvalue weighted by Gasteiger charge is 2.13. The second-order valence-corrected chi connectivity index (χ2v) is 3.79. The van der Waals surface area contributed by atoms with Crippen LogP contribution in [0.5, 0.6) is 0 Å². The van der Waals surface area contributed by atoms with Gasteiger partial charge in [0.25, 0.3) is 5.91 Å². The zero-order chi connectivity index (χ0) is 12.4. The Bertz CT molecular complexity index is 543. The van der Waals surface area contributed by atoms with Crippen LogP contribution in [0.15, 0.2) is 34.7 Å². The maximum Gasteiger partial charge on any atom is 0.259 e. The zero-order valence-electron chi connectivity index (χ0n) is 9.58. The second-order valence-electron chi connectivity index (χ2n) is 3.79. The van der Waals surface area contributed by atoms with Crippen LogP contribution < -0.4 is 5.32 Å². The lowest BCUT2D eigenvalue weighted by atomic mass is 10.2. The predicted molar refractivity (Wildman–Crippen MR) is 62.5 cm³/mol. The van der Waals surface area contributed by atoms with E-state index >= 15 is 0 Å². The first-order valence-electron chi connectivity index (χ1n) is 5.20. The highest BCUT2D eigenvalue weighted by molar-refractivity contribution is 6.05. The molecule has 1 N–H and O–H groups in total. The fourth-order valence-electron chi connectivity index (χ4n) is 1.59. The number of hydrogen-bond acceptors (Lipinski definition) is 2. The predicted octanol–water partition coefficient (Wildman–Crippen LogP) is 3.29. The van der Waals surface area contributed by atoms with E-state index in [-0.39, 0.29) is 11.7 Å². The van der Waals surface area contributed by atoms with Crippen molar-refractivity contribution in [2.24, 2.45) is 0 Å². The molecule has 0 aliphatic heterocycles. The molecule has 0 aliphatic rings. The zero-order valence-corrected chi connectivity index (χ0v) is 9.58. The van der Waals surface area contributed by atoms with Gasteiger partial charge in [0, 0.05) is 5.69 Å². The summed E-state index contributed by atoms with van der Waals surface area (Å²) in [5, 5.41) is 2.67. The topological polar surface area (TPSA) is 42.2 Å². The van der Waals surface area contributed by atoms with E-state index in [0.29, 0.717) is 22.8 Å². The van der Waals surface area contributed by atoms with Crippen LogP contribution in [0.4, 0.5) is 10.1 Å². The van der Waals surface area contributed by atoms with E-state index in [2.05, 4.69) is 5.32 Å². The minimum atomic E-state index is -0.335. The number of carbonyl (C=O) groups is 1. The van der Waals surface area contributed by atoms with Crippen molar-refractivity contribution in [3.63, 3.8) is 0 Å². The Morgan fingerprint density at radius 1 is 1.24 bits per heavy atom. The number of hydrogen-bond donors (Lipinski definition) is 1. The lowest BCUT2D eigenvalue weighted by Crippen LogP contribution is -2.11. The quantitative estimate of drug-likeness (QED) is 0.864. The van der Waals surface area contributed by atoms with Crippen LogP contribution in [-0.4, -0.2) is 5.91 Å². The van der Waals surface area contributed by atoms with Crippen LogP contribution in [0.1, 0.15) is 21.9 Å². The summed E-state index contributed by atoms with van der Waals surface area (Å²) in [5.74, 6) is 0.665. The summed E-state index contributed by atoms with van der Waals surface area (Å²) < 4.78 is 18.0. The van der Waals surface area contributed by atoms with E-state index in [0.717, 1.165) is 0 Å². The molecule has 0 saturated carbocycles. The first kappa shape index (κ1) is 11.4. The molecular formula is C13H12FNO2. The average Bonchev–Trinajstić information content (AvgIpc) is 2.61. The number of aryl methyl sites for hydroxylation is 2. The van der Waals surface area contributed by atoms with E-state index in [1.165, 1.54) is 24.3 Å². The fraction of sp³-hybridized carbons (Fsp3) is 0.154. The molecule has 1 aromatic heterocycles. The van der Waals surface area contributed by atoms with Gasteiger partial charge < -0.3 is 9.73 Å². The number of nitrogens with one attached hydrogen (secondary N) is 1. The van der Waals surface area contributed by atoms with Gasteiger partial charge in [-0.15, -0.1) is 0 Å². The maximum atomic E-state index is 12.7. The molecule has 0 fully saturated rings. The van der Waals surface area contributed by atoms with Crippen LogP contribution in [0, 0.1) is 19.7 Å². The summed E-state index contributed by atoms with van der Waals surface area (Å²) in [5.41, 5.74) is 1.04. The third-order valence-corrected chi connectivity index (χ3v) is 2.39. The summed E-state index contributed by atoms with van der Waals surface area (Å²) in [7, 11) is 0. The van der Waals surface area contributed by atoms with Crippen LogP contribution >= 0.6 is 0 Å². The van der Waals surface area contributed by atoms with Gasteiger partial charge in [-0.25, -0.2) is 4.39 Å². The highest BCUT2D eigenvalue weighted by Crippen LogP contribution is 2.16. The number of anilines is 1. The molecule has 2 aromatic rings. The van der Waals surface area contributed by atoms with Gasteiger partial charge in [-0.3, -0.25) is 4.79 Å². The molecule has 0 atom stereocenters. The van der Waals surface area contributed by atoms with Gasteiger partial charge in [-0.2, -0.15) is 0 Å². The number of halogens is 1. The SMILES string of the molecule is Cc1cc(C(=O)Nc2ccc(F)cc2)c(C)o1. The monoisotopic (exact) mass is 233 g/mol. The largest absolute Gasteiger partial charge is 0.466 e. The van der Waals surface area contributed by atoms with Gasteiger partial charge >= 0.3 is 0 Å². The third kappa shape index (κ3) is 2.53. The number of amides is 1. The lowest BCUT2D eigenvalue weighted by Gasteiger charge is -2.03. The molecule has 0 saturated heterocycles. The third-order valence-electron chi connectivity index (χ3n) is 2.39. The molecule has 1 amide bonds. The molecule has 17 heavy (non-hydrogen) atoms. The van der Waals surface area contributed by atoms with E-state index < -0.39 is 0 Å². The summed E-state index contributed by atoms with van der Waals surface area (Å²) >= 11 is 0. The van der Waals surface area contributed by atoms with Gasteiger partial charge in [-0.05, 0) is 44.2 Å². The van der Waals surface area contributed by atoms with Gasteiger partial charge in [0.15, 0.2) is 0 Å². The van der Waals surface area contributed by atoms with Crippen molar-refractivity contribution in [2.75, 3.05) is 5.32 Å². The molecule has 0 unspecified atom stereocenters. The van der Waals surface area contributed by atoms with E-state index in [1.807, 2.05) is 0 Å². The van der Waals surface area contributed by atoms with E-state index in [1.54, 1.807) is 19.9 Å². The molecule has 2 rings (SSSR count). The number of carbonyl (C=O) groups excluding carboxylic acids is 1. The average molecular weight is 233 g/mol. The molecule has 1 aromatic carbocycles. The minimum Gasteiger partial charge on any atom is -0.466 e. The molecule has 88 valence electrons. The smallest absolute Gasteiger partial charge is 0.259 e.